The maximum Gasteiger partial charge on any atom is 0.230 e. The van der Waals surface area contributed by atoms with Gasteiger partial charge in [-0.05, 0) is 22.4 Å². The predicted molar refractivity (Wildman–Crippen MR) is 84.3 cm³/mol. The van der Waals surface area contributed by atoms with E-state index in [1.807, 2.05) is 12.1 Å². The summed E-state index contributed by atoms with van der Waals surface area (Å²) in [6, 6.07) is 8.23. The van der Waals surface area contributed by atoms with Gasteiger partial charge in [0.2, 0.25) is 5.91 Å². The van der Waals surface area contributed by atoms with Crippen LogP contribution in [-0.2, 0) is 11.3 Å². The van der Waals surface area contributed by atoms with Gasteiger partial charge in [-0.15, -0.1) is 21.5 Å². The monoisotopic (exact) mass is 321 g/mol. The maximum absolute atomic E-state index is 11.8. The summed E-state index contributed by atoms with van der Waals surface area (Å²) in [7, 11) is 0. The topological polar surface area (TPSA) is 54.9 Å². The second-order valence-corrected chi connectivity index (χ2v) is 6.99. The van der Waals surface area contributed by atoms with Gasteiger partial charge in [-0.3, -0.25) is 4.79 Å². The van der Waals surface area contributed by atoms with E-state index in [-0.39, 0.29) is 5.91 Å². The van der Waals surface area contributed by atoms with Gasteiger partial charge in [0.15, 0.2) is 4.34 Å². The first kappa shape index (κ1) is 13.5. The van der Waals surface area contributed by atoms with Crippen molar-refractivity contribution in [3.8, 4) is 0 Å². The fourth-order valence-electron chi connectivity index (χ4n) is 1.77. The van der Waals surface area contributed by atoms with Crippen LogP contribution in [0.3, 0.4) is 0 Å². The zero-order chi connectivity index (χ0) is 13.8. The summed E-state index contributed by atoms with van der Waals surface area (Å²) in [5.74, 6) is 0.387. The number of hydrogen-bond acceptors (Lipinski definition) is 6. The number of fused-ring (bicyclic) bond motifs is 1. The Hall–Kier alpha value is -1.44. The minimum atomic E-state index is 0.0143. The summed E-state index contributed by atoms with van der Waals surface area (Å²) in [4.78, 5) is 11.8. The van der Waals surface area contributed by atoms with Crippen LogP contribution in [-0.4, -0.2) is 21.9 Å². The minimum absolute atomic E-state index is 0.0143. The van der Waals surface area contributed by atoms with E-state index in [9.17, 15) is 4.79 Å². The Morgan fingerprint density at radius 1 is 1.30 bits per heavy atom. The Kier molecular flexibility index (Phi) is 4.29. The third-order valence-corrected chi connectivity index (χ3v) is 5.58. The van der Waals surface area contributed by atoms with Crippen molar-refractivity contribution < 1.29 is 4.79 Å². The molecule has 0 aliphatic rings. The van der Waals surface area contributed by atoms with Crippen LogP contribution in [0.15, 0.2) is 39.5 Å². The summed E-state index contributed by atoms with van der Waals surface area (Å²) in [6.45, 7) is 0.569. The van der Waals surface area contributed by atoms with Crippen LogP contribution in [0.4, 0.5) is 0 Å². The number of nitrogens with one attached hydrogen (secondary N) is 1. The molecule has 0 atom stereocenters. The van der Waals surface area contributed by atoms with E-state index >= 15 is 0 Å². The van der Waals surface area contributed by atoms with Crippen molar-refractivity contribution in [2.24, 2.45) is 0 Å². The van der Waals surface area contributed by atoms with Gasteiger partial charge >= 0.3 is 0 Å². The molecule has 2 heterocycles. The Morgan fingerprint density at radius 2 is 2.20 bits per heavy atom. The highest BCUT2D eigenvalue weighted by molar-refractivity contribution is 8.01. The molecule has 4 nitrogen and oxygen atoms in total. The molecular formula is C13H11N3OS3. The Morgan fingerprint density at radius 3 is 3.05 bits per heavy atom. The first-order valence-corrected chi connectivity index (χ1v) is 8.68. The van der Waals surface area contributed by atoms with Crippen LogP contribution >= 0.6 is 34.4 Å². The van der Waals surface area contributed by atoms with Gasteiger partial charge in [0.1, 0.15) is 5.51 Å². The zero-order valence-corrected chi connectivity index (χ0v) is 12.9. The minimum Gasteiger partial charge on any atom is -0.351 e. The lowest BCUT2D eigenvalue weighted by Gasteiger charge is -2.03. The number of aromatic nitrogens is 2. The summed E-state index contributed by atoms with van der Waals surface area (Å²) < 4.78 is 2.07. The molecule has 0 radical (unpaired) electrons. The molecule has 2 aromatic heterocycles. The third-order valence-electron chi connectivity index (χ3n) is 2.70. The van der Waals surface area contributed by atoms with Gasteiger partial charge in [0.25, 0.3) is 0 Å². The van der Waals surface area contributed by atoms with Crippen LogP contribution < -0.4 is 5.32 Å². The standard InChI is InChI=1S/C13H11N3OS3/c17-12(7-19-13-16-15-8-20-13)14-5-9-6-18-11-4-2-1-3-10(9)11/h1-4,6,8H,5,7H2,(H,14,17). The van der Waals surface area contributed by atoms with Crippen molar-refractivity contribution in [3.63, 3.8) is 0 Å². The first-order chi connectivity index (χ1) is 9.83. The van der Waals surface area contributed by atoms with Gasteiger partial charge < -0.3 is 5.32 Å². The number of amides is 1. The fraction of sp³-hybridized carbons (Fsp3) is 0.154. The molecule has 20 heavy (non-hydrogen) atoms. The highest BCUT2D eigenvalue weighted by Crippen LogP contribution is 2.25. The second-order valence-electron chi connectivity index (χ2n) is 4.03. The van der Waals surface area contributed by atoms with Crippen LogP contribution in [0.5, 0.6) is 0 Å². The molecule has 0 spiro atoms. The van der Waals surface area contributed by atoms with Crippen molar-refractivity contribution in [3.05, 3.63) is 40.7 Å². The number of thioether (sulfide) groups is 1. The van der Waals surface area contributed by atoms with E-state index < -0.39 is 0 Å². The second kappa shape index (κ2) is 6.34. The van der Waals surface area contributed by atoms with E-state index in [4.69, 9.17) is 0 Å². The maximum atomic E-state index is 11.8. The van der Waals surface area contributed by atoms with Crippen LogP contribution in [0.1, 0.15) is 5.56 Å². The summed E-state index contributed by atoms with van der Waals surface area (Å²) in [6.07, 6.45) is 0. The lowest BCUT2D eigenvalue weighted by atomic mass is 10.2. The number of carbonyl (C=O) groups excluding carboxylic acids is 1. The lowest BCUT2D eigenvalue weighted by molar-refractivity contribution is -0.118. The third kappa shape index (κ3) is 3.17. The average molecular weight is 321 g/mol. The molecule has 0 aliphatic carbocycles. The Bertz CT molecular complexity index is 709. The summed E-state index contributed by atoms with van der Waals surface area (Å²) in [5.41, 5.74) is 2.83. The van der Waals surface area contributed by atoms with Gasteiger partial charge in [0, 0.05) is 11.2 Å². The van der Waals surface area contributed by atoms with E-state index in [2.05, 4.69) is 33.0 Å². The smallest absolute Gasteiger partial charge is 0.230 e. The number of nitrogens with zero attached hydrogens (tertiary/aromatic N) is 2. The van der Waals surface area contributed by atoms with E-state index in [1.165, 1.54) is 38.7 Å². The number of carbonyl (C=O) groups is 1. The normalized spacial score (nSPS) is 10.8. The molecule has 7 heteroatoms. The molecule has 102 valence electrons. The summed E-state index contributed by atoms with van der Waals surface area (Å²) >= 11 is 4.56. The molecule has 0 aliphatic heterocycles. The number of hydrogen-bond donors (Lipinski definition) is 1. The molecule has 0 bridgehead atoms. The highest BCUT2D eigenvalue weighted by Gasteiger charge is 2.07. The molecule has 1 amide bonds. The molecule has 0 fully saturated rings. The molecule has 1 N–H and O–H groups in total. The highest BCUT2D eigenvalue weighted by atomic mass is 32.2. The molecule has 1 aromatic carbocycles. The lowest BCUT2D eigenvalue weighted by Crippen LogP contribution is -2.24. The van der Waals surface area contributed by atoms with Gasteiger partial charge in [-0.25, -0.2) is 0 Å². The summed E-state index contributed by atoms with van der Waals surface area (Å²) in [5, 5.41) is 13.9. The fourth-order valence-corrected chi connectivity index (χ4v) is 4.05. The van der Waals surface area contributed by atoms with Crippen molar-refractivity contribution in [2.75, 3.05) is 5.75 Å². The molecule has 3 rings (SSSR count). The largest absolute Gasteiger partial charge is 0.351 e. The Balaban J connectivity index is 1.55. The molecular weight excluding hydrogens is 310 g/mol. The average Bonchev–Trinajstić information content (AvgIpc) is 3.12. The van der Waals surface area contributed by atoms with E-state index in [0.717, 1.165) is 4.34 Å². The zero-order valence-electron chi connectivity index (χ0n) is 10.4. The van der Waals surface area contributed by atoms with Crippen molar-refractivity contribution in [1.29, 1.82) is 0 Å². The van der Waals surface area contributed by atoms with Crippen LogP contribution in [0, 0.1) is 0 Å². The molecule has 0 saturated heterocycles. The number of thiophene rings is 1. The first-order valence-electron chi connectivity index (χ1n) is 5.94. The van der Waals surface area contributed by atoms with Crippen molar-refractivity contribution in [1.82, 2.24) is 15.5 Å². The molecule has 0 saturated carbocycles. The van der Waals surface area contributed by atoms with Gasteiger partial charge in [-0.2, -0.15) is 0 Å². The van der Waals surface area contributed by atoms with Gasteiger partial charge in [-0.1, -0.05) is 41.3 Å². The van der Waals surface area contributed by atoms with Gasteiger partial charge in [0.05, 0.1) is 5.75 Å². The van der Waals surface area contributed by atoms with Crippen molar-refractivity contribution in [2.45, 2.75) is 10.9 Å². The predicted octanol–water partition coefficient (Wildman–Crippen LogP) is 3.16. The van der Waals surface area contributed by atoms with E-state index in [0.29, 0.717) is 12.3 Å². The van der Waals surface area contributed by atoms with Crippen LogP contribution in [0.2, 0.25) is 0 Å². The molecule has 0 unspecified atom stereocenters. The number of benzene rings is 1. The SMILES string of the molecule is O=C(CSc1nncs1)NCc1csc2ccccc12. The Labute approximate surface area is 128 Å². The van der Waals surface area contributed by atoms with Crippen LogP contribution in [0.25, 0.3) is 10.1 Å². The number of rotatable bonds is 5. The van der Waals surface area contributed by atoms with E-state index in [1.54, 1.807) is 16.8 Å². The van der Waals surface area contributed by atoms with Crippen molar-refractivity contribution >= 4 is 50.4 Å². The quantitative estimate of drug-likeness (QED) is 0.733. The molecule has 3 aromatic rings.